The molecule has 3 heteroatoms. The average molecular weight is 207 g/mol. The summed E-state index contributed by atoms with van der Waals surface area (Å²) in [5, 5.41) is 3.62. The molecule has 1 aromatic heterocycles. The van der Waals surface area contributed by atoms with Gasteiger partial charge in [0, 0.05) is 18.4 Å². The van der Waals surface area contributed by atoms with Crippen molar-refractivity contribution in [3.05, 3.63) is 18.7 Å². The van der Waals surface area contributed by atoms with E-state index in [1.807, 2.05) is 12.5 Å². The molecule has 0 bridgehead atoms. The van der Waals surface area contributed by atoms with Crippen LogP contribution in [-0.2, 0) is 0 Å². The molecule has 15 heavy (non-hydrogen) atoms. The van der Waals surface area contributed by atoms with Crippen LogP contribution in [0.1, 0.15) is 39.7 Å². The van der Waals surface area contributed by atoms with Gasteiger partial charge in [0.1, 0.15) is 0 Å². The van der Waals surface area contributed by atoms with Gasteiger partial charge in [-0.25, -0.2) is 4.98 Å². The van der Waals surface area contributed by atoms with Crippen molar-refractivity contribution in [2.24, 2.45) is 5.41 Å². The normalized spacial score (nSPS) is 29.5. The molecular weight excluding hydrogens is 186 g/mol. The first kappa shape index (κ1) is 10.7. The van der Waals surface area contributed by atoms with Gasteiger partial charge in [0.25, 0.3) is 0 Å². The Morgan fingerprint density at radius 2 is 2.33 bits per heavy atom. The molecule has 84 valence electrons. The minimum absolute atomic E-state index is 0.394. The van der Waals surface area contributed by atoms with Crippen molar-refractivity contribution in [3.63, 3.8) is 0 Å². The molecule has 1 N–H and O–H groups in total. The van der Waals surface area contributed by atoms with Crippen molar-refractivity contribution in [3.8, 4) is 0 Å². The Kier molecular flexibility index (Phi) is 2.83. The van der Waals surface area contributed by atoms with E-state index in [0.29, 0.717) is 17.5 Å². The van der Waals surface area contributed by atoms with Gasteiger partial charge in [-0.2, -0.15) is 0 Å². The van der Waals surface area contributed by atoms with E-state index in [1.54, 1.807) is 0 Å². The molecule has 2 rings (SSSR count). The fourth-order valence-electron chi connectivity index (χ4n) is 2.78. The highest BCUT2D eigenvalue weighted by Crippen LogP contribution is 2.43. The topological polar surface area (TPSA) is 29.9 Å². The third kappa shape index (κ3) is 1.93. The average Bonchev–Trinajstić information content (AvgIpc) is 2.76. The predicted octanol–water partition coefficient (Wildman–Crippen LogP) is 2.22. The molecule has 2 atom stereocenters. The lowest BCUT2D eigenvalue weighted by Crippen LogP contribution is -2.42. The van der Waals surface area contributed by atoms with Crippen molar-refractivity contribution >= 4 is 0 Å². The van der Waals surface area contributed by atoms with Gasteiger partial charge in [-0.15, -0.1) is 0 Å². The number of likely N-dealkylation sites (N-methyl/N-ethyl adjacent to an activating group) is 1. The fourth-order valence-corrected chi connectivity index (χ4v) is 2.78. The van der Waals surface area contributed by atoms with Gasteiger partial charge < -0.3 is 9.88 Å². The summed E-state index contributed by atoms with van der Waals surface area (Å²) >= 11 is 0. The molecule has 0 radical (unpaired) electrons. The summed E-state index contributed by atoms with van der Waals surface area (Å²) in [6.07, 6.45) is 8.43. The van der Waals surface area contributed by atoms with Crippen molar-refractivity contribution < 1.29 is 0 Å². The Hall–Kier alpha value is -0.830. The van der Waals surface area contributed by atoms with E-state index >= 15 is 0 Å². The predicted molar refractivity (Wildman–Crippen MR) is 61.7 cm³/mol. The van der Waals surface area contributed by atoms with Gasteiger partial charge in [-0.05, 0) is 24.8 Å². The van der Waals surface area contributed by atoms with Crippen LogP contribution in [-0.4, -0.2) is 22.1 Å². The van der Waals surface area contributed by atoms with E-state index in [0.717, 1.165) is 6.54 Å². The SMILES string of the molecule is CCNC1C(n2ccnc2)CCC1(C)C. The van der Waals surface area contributed by atoms with Crippen molar-refractivity contribution in [2.75, 3.05) is 6.54 Å². The second-order valence-corrected chi connectivity index (χ2v) is 5.14. The van der Waals surface area contributed by atoms with Crippen LogP contribution in [0.25, 0.3) is 0 Å². The molecule has 2 unspecified atom stereocenters. The van der Waals surface area contributed by atoms with Crippen LogP contribution in [0, 0.1) is 5.41 Å². The summed E-state index contributed by atoms with van der Waals surface area (Å²) in [4.78, 5) is 4.14. The minimum Gasteiger partial charge on any atom is -0.333 e. The number of nitrogens with zero attached hydrogens (tertiary/aromatic N) is 2. The molecule has 1 aliphatic rings. The van der Waals surface area contributed by atoms with Crippen LogP contribution in [0.5, 0.6) is 0 Å². The number of nitrogens with one attached hydrogen (secondary N) is 1. The molecule has 0 amide bonds. The van der Waals surface area contributed by atoms with E-state index in [1.165, 1.54) is 12.8 Å². The Morgan fingerprint density at radius 1 is 1.53 bits per heavy atom. The van der Waals surface area contributed by atoms with Gasteiger partial charge in [0.15, 0.2) is 0 Å². The zero-order valence-corrected chi connectivity index (χ0v) is 9.90. The maximum Gasteiger partial charge on any atom is 0.0949 e. The Bertz CT molecular complexity index is 303. The highest BCUT2D eigenvalue weighted by Gasteiger charge is 2.41. The lowest BCUT2D eigenvalue weighted by molar-refractivity contribution is 0.252. The maximum absolute atomic E-state index is 4.14. The smallest absolute Gasteiger partial charge is 0.0949 e. The molecule has 1 heterocycles. The highest BCUT2D eigenvalue weighted by atomic mass is 15.1. The highest BCUT2D eigenvalue weighted by molar-refractivity contribution is 5.00. The third-order valence-electron chi connectivity index (χ3n) is 3.64. The molecule has 0 aliphatic heterocycles. The monoisotopic (exact) mass is 207 g/mol. The maximum atomic E-state index is 4.14. The lowest BCUT2D eigenvalue weighted by atomic mass is 9.86. The van der Waals surface area contributed by atoms with Gasteiger partial charge in [-0.1, -0.05) is 20.8 Å². The van der Waals surface area contributed by atoms with Crippen LogP contribution < -0.4 is 5.32 Å². The second-order valence-electron chi connectivity index (χ2n) is 5.14. The zero-order chi connectivity index (χ0) is 10.9. The number of hydrogen-bond acceptors (Lipinski definition) is 2. The van der Waals surface area contributed by atoms with Crippen molar-refractivity contribution in [1.29, 1.82) is 0 Å². The van der Waals surface area contributed by atoms with E-state index in [4.69, 9.17) is 0 Å². The number of hydrogen-bond donors (Lipinski definition) is 1. The first-order valence-electron chi connectivity index (χ1n) is 5.86. The molecule has 0 aromatic carbocycles. The summed E-state index contributed by atoms with van der Waals surface area (Å²) in [7, 11) is 0. The van der Waals surface area contributed by atoms with Gasteiger partial charge in [-0.3, -0.25) is 0 Å². The van der Waals surface area contributed by atoms with Gasteiger partial charge in [0.05, 0.1) is 12.4 Å². The van der Waals surface area contributed by atoms with Gasteiger partial charge >= 0.3 is 0 Å². The van der Waals surface area contributed by atoms with Crippen LogP contribution in [0.2, 0.25) is 0 Å². The fraction of sp³-hybridized carbons (Fsp3) is 0.750. The summed E-state index contributed by atoms with van der Waals surface area (Å²) in [5.41, 5.74) is 0.394. The third-order valence-corrected chi connectivity index (χ3v) is 3.64. The summed E-state index contributed by atoms with van der Waals surface area (Å²) < 4.78 is 2.25. The largest absolute Gasteiger partial charge is 0.333 e. The van der Waals surface area contributed by atoms with Crippen molar-refractivity contribution in [1.82, 2.24) is 14.9 Å². The summed E-state index contributed by atoms with van der Waals surface area (Å²) in [6.45, 7) is 7.94. The Morgan fingerprint density at radius 3 is 2.93 bits per heavy atom. The standard InChI is InChI=1S/C12H21N3/c1-4-14-11-10(5-6-12(11,2)3)15-8-7-13-9-15/h7-11,14H,4-6H2,1-3H3. The molecule has 1 saturated carbocycles. The van der Waals surface area contributed by atoms with Crippen LogP contribution in [0.15, 0.2) is 18.7 Å². The number of imidazole rings is 1. The lowest BCUT2D eigenvalue weighted by Gasteiger charge is -2.31. The Balaban J connectivity index is 2.19. The number of aromatic nitrogens is 2. The first-order chi connectivity index (χ1) is 7.15. The Labute approximate surface area is 91.9 Å². The molecule has 0 spiro atoms. The number of rotatable bonds is 3. The quantitative estimate of drug-likeness (QED) is 0.823. The van der Waals surface area contributed by atoms with E-state index in [2.05, 4.69) is 41.8 Å². The van der Waals surface area contributed by atoms with Crippen molar-refractivity contribution in [2.45, 2.75) is 45.7 Å². The van der Waals surface area contributed by atoms with Crippen LogP contribution in [0.3, 0.4) is 0 Å². The molecule has 3 nitrogen and oxygen atoms in total. The van der Waals surface area contributed by atoms with E-state index in [-0.39, 0.29) is 0 Å². The summed E-state index contributed by atoms with van der Waals surface area (Å²) in [5.74, 6) is 0. The molecule has 1 aromatic rings. The second kappa shape index (κ2) is 3.97. The molecule has 1 aliphatic carbocycles. The van der Waals surface area contributed by atoms with Crippen LogP contribution >= 0.6 is 0 Å². The van der Waals surface area contributed by atoms with E-state index in [9.17, 15) is 0 Å². The van der Waals surface area contributed by atoms with Crippen LogP contribution in [0.4, 0.5) is 0 Å². The zero-order valence-electron chi connectivity index (χ0n) is 9.90. The van der Waals surface area contributed by atoms with Gasteiger partial charge in [0.2, 0.25) is 0 Å². The molecular formula is C12H21N3. The first-order valence-corrected chi connectivity index (χ1v) is 5.86. The molecule has 1 fully saturated rings. The minimum atomic E-state index is 0.394. The van der Waals surface area contributed by atoms with E-state index < -0.39 is 0 Å². The molecule has 0 saturated heterocycles. The summed E-state index contributed by atoms with van der Waals surface area (Å²) in [6, 6.07) is 1.14.